The molecule has 1 aromatic carbocycles. The lowest BCUT2D eigenvalue weighted by atomic mass is 9.96. The smallest absolute Gasteiger partial charge is 0.0258 e. The molecule has 0 saturated carbocycles. The molecule has 0 amide bonds. The van der Waals surface area contributed by atoms with Gasteiger partial charge in [0.2, 0.25) is 0 Å². The Hall–Kier alpha value is -1.47. The van der Waals surface area contributed by atoms with E-state index in [1.807, 2.05) is 6.07 Å². The van der Waals surface area contributed by atoms with Crippen LogP contribution < -0.4 is 0 Å². The van der Waals surface area contributed by atoms with Crippen LogP contribution in [-0.4, -0.2) is 6.54 Å². The van der Waals surface area contributed by atoms with Gasteiger partial charge < -0.3 is 0 Å². The quantitative estimate of drug-likeness (QED) is 0.292. The molecule has 1 rings (SSSR count). The Morgan fingerprint density at radius 2 is 2.07 bits per heavy atom. The molecule has 1 aromatic rings. The maximum Gasteiger partial charge on any atom is 0.0258 e. The molecule has 0 aliphatic carbocycles. The molecule has 3 nitrogen and oxygen atoms in total. The number of rotatable bonds is 5. The minimum atomic E-state index is 0.546. The van der Waals surface area contributed by atoms with E-state index in [1.165, 1.54) is 5.56 Å². The van der Waals surface area contributed by atoms with Crippen LogP contribution in [0.15, 0.2) is 35.4 Å². The van der Waals surface area contributed by atoms with Crippen molar-refractivity contribution in [2.24, 2.45) is 5.11 Å². The van der Waals surface area contributed by atoms with Gasteiger partial charge in [-0.1, -0.05) is 42.4 Å². The van der Waals surface area contributed by atoms with Gasteiger partial charge in [0.25, 0.3) is 0 Å². The summed E-state index contributed by atoms with van der Waals surface area (Å²) in [6.45, 7) is 2.80. The van der Waals surface area contributed by atoms with Gasteiger partial charge in [-0.15, -0.1) is 0 Å². The Balaban J connectivity index is 2.35. The number of hydrogen-bond acceptors (Lipinski definition) is 1. The number of nitrogens with zero attached hydrogens (tertiary/aromatic N) is 3. The van der Waals surface area contributed by atoms with Crippen molar-refractivity contribution >= 4 is 0 Å². The fraction of sp³-hybridized carbons (Fsp3) is 0.455. The van der Waals surface area contributed by atoms with Crippen LogP contribution >= 0.6 is 0 Å². The summed E-state index contributed by atoms with van der Waals surface area (Å²) in [6.07, 6.45) is 2.03. The predicted molar refractivity (Wildman–Crippen MR) is 58.1 cm³/mol. The fourth-order valence-corrected chi connectivity index (χ4v) is 1.46. The van der Waals surface area contributed by atoms with Crippen molar-refractivity contribution in [3.63, 3.8) is 0 Å². The molecule has 1 atom stereocenters. The predicted octanol–water partition coefficient (Wildman–Crippen LogP) is 3.88. The normalized spacial score (nSPS) is 11.8. The van der Waals surface area contributed by atoms with Crippen LogP contribution in [0.25, 0.3) is 10.4 Å². The summed E-state index contributed by atoms with van der Waals surface area (Å²) in [5.74, 6) is 0.546. The van der Waals surface area contributed by atoms with E-state index in [0.29, 0.717) is 12.5 Å². The molecule has 0 bridgehead atoms. The van der Waals surface area contributed by atoms with Crippen molar-refractivity contribution in [2.75, 3.05) is 6.54 Å². The Bertz CT molecular complexity index is 302. The maximum absolute atomic E-state index is 8.11. The van der Waals surface area contributed by atoms with Gasteiger partial charge in [0.15, 0.2) is 0 Å². The van der Waals surface area contributed by atoms with Crippen molar-refractivity contribution in [1.29, 1.82) is 0 Å². The lowest BCUT2D eigenvalue weighted by Crippen LogP contribution is -1.94. The summed E-state index contributed by atoms with van der Waals surface area (Å²) in [6, 6.07) is 10.4. The Kier molecular flexibility index (Phi) is 4.59. The highest BCUT2D eigenvalue weighted by Crippen LogP contribution is 2.19. The molecule has 3 heteroatoms. The second-order valence-corrected chi connectivity index (χ2v) is 3.41. The number of hydrogen-bond donors (Lipinski definition) is 0. The van der Waals surface area contributed by atoms with Crippen molar-refractivity contribution in [3.8, 4) is 0 Å². The Morgan fingerprint density at radius 3 is 2.71 bits per heavy atom. The van der Waals surface area contributed by atoms with Gasteiger partial charge in [0.05, 0.1) is 0 Å². The van der Waals surface area contributed by atoms with Crippen molar-refractivity contribution in [2.45, 2.75) is 25.7 Å². The monoisotopic (exact) mass is 189 g/mol. The Morgan fingerprint density at radius 1 is 1.36 bits per heavy atom. The first-order chi connectivity index (χ1) is 6.84. The first kappa shape index (κ1) is 10.6. The van der Waals surface area contributed by atoms with E-state index in [-0.39, 0.29) is 0 Å². The topological polar surface area (TPSA) is 48.8 Å². The maximum atomic E-state index is 8.11. The SMILES string of the molecule is CC(CCCN=[N+]=[N-])c1ccccc1. The fourth-order valence-electron chi connectivity index (χ4n) is 1.46. The van der Waals surface area contributed by atoms with Crippen LogP contribution in [0.4, 0.5) is 0 Å². The average Bonchev–Trinajstić information content (AvgIpc) is 2.25. The molecule has 0 aliphatic heterocycles. The lowest BCUT2D eigenvalue weighted by molar-refractivity contribution is 0.640. The van der Waals surface area contributed by atoms with Gasteiger partial charge in [-0.25, -0.2) is 0 Å². The Labute approximate surface area is 84.4 Å². The zero-order valence-electron chi connectivity index (χ0n) is 8.43. The zero-order valence-corrected chi connectivity index (χ0v) is 8.43. The summed E-state index contributed by atoms with van der Waals surface area (Å²) < 4.78 is 0. The molecule has 0 radical (unpaired) electrons. The van der Waals surface area contributed by atoms with E-state index in [1.54, 1.807) is 0 Å². The van der Waals surface area contributed by atoms with E-state index in [4.69, 9.17) is 5.53 Å². The first-order valence-electron chi connectivity index (χ1n) is 4.90. The molecule has 0 spiro atoms. The van der Waals surface area contributed by atoms with Gasteiger partial charge in [0.1, 0.15) is 0 Å². The summed E-state index contributed by atoms with van der Waals surface area (Å²) >= 11 is 0. The molecule has 0 aromatic heterocycles. The van der Waals surface area contributed by atoms with E-state index < -0.39 is 0 Å². The standard InChI is InChI=1S/C11H15N3/c1-10(6-5-9-13-14-12)11-7-3-2-4-8-11/h2-4,7-8,10H,5-6,9H2,1H3. The van der Waals surface area contributed by atoms with E-state index in [9.17, 15) is 0 Å². The van der Waals surface area contributed by atoms with Crippen molar-refractivity contribution in [1.82, 2.24) is 0 Å². The average molecular weight is 189 g/mol. The third kappa shape index (κ3) is 3.50. The highest BCUT2D eigenvalue weighted by Gasteiger charge is 2.02. The summed E-state index contributed by atoms with van der Waals surface area (Å²) in [5.41, 5.74) is 9.46. The highest BCUT2D eigenvalue weighted by atomic mass is 15.1. The van der Waals surface area contributed by atoms with Crippen LogP contribution in [0.3, 0.4) is 0 Å². The molecular weight excluding hydrogens is 174 g/mol. The molecule has 0 fully saturated rings. The third-order valence-corrected chi connectivity index (χ3v) is 2.33. The van der Waals surface area contributed by atoms with Gasteiger partial charge >= 0.3 is 0 Å². The highest BCUT2D eigenvalue weighted by molar-refractivity contribution is 5.18. The molecule has 74 valence electrons. The zero-order chi connectivity index (χ0) is 10.2. The van der Waals surface area contributed by atoms with Gasteiger partial charge in [-0.3, -0.25) is 0 Å². The summed E-state index contributed by atoms with van der Waals surface area (Å²) in [4.78, 5) is 2.73. The largest absolute Gasteiger partial charge is 0.0940 e. The molecule has 1 unspecified atom stereocenters. The molecule has 0 heterocycles. The molecule has 14 heavy (non-hydrogen) atoms. The van der Waals surface area contributed by atoms with Crippen LogP contribution in [-0.2, 0) is 0 Å². The minimum Gasteiger partial charge on any atom is -0.0940 e. The number of azide groups is 1. The van der Waals surface area contributed by atoms with Crippen LogP contribution in [0.1, 0.15) is 31.2 Å². The molecule has 0 aliphatic rings. The molecule has 0 N–H and O–H groups in total. The van der Waals surface area contributed by atoms with Crippen molar-refractivity contribution < 1.29 is 0 Å². The minimum absolute atomic E-state index is 0.546. The second kappa shape index (κ2) is 6.06. The van der Waals surface area contributed by atoms with Crippen LogP contribution in [0, 0.1) is 0 Å². The van der Waals surface area contributed by atoms with E-state index >= 15 is 0 Å². The summed E-state index contributed by atoms with van der Waals surface area (Å²) in [5, 5.41) is 3.52. The van der Waals surface area contributed by atoms with Gasteiger partial charge in [0, 0.05) is 11.5 Å². The number of benzene rings is 1. The molecule has 0 saturated heterocycles. The van der Waals surface area contributed by atoms with E-state index in [2.05, 4.69) is 41.2 Å². The first-order valence-corrected chi connectivity index (χ1v) is 4.90. The van der Waals surface area contributed by atoms with E-state index in [0.717, 1.165) is 12.8 Å². The van der Waals surface area contributed by atoms with Gasteiger partial charge in [-0.05, 0) is 29.9 Å². The van der Waals surface area contributed by atoms with Crippen molar-refractivity contribution in [3.05, 3.63) is 46.3 Å². The molecular formula is C11H15N3. The van der Waals surface area contributed by atoms with Gasteiger partial charge in [-0.2, -0.15) is 0 Å². The lowest BCUT2D eigenvalue weighted by Gasteiger charge is -2.10. The van der Waals surface area contributed by atoms with Crippen LogP contribution in [0.2, 0.25) is 0 Å². The second-order valence-electron chi connectivity index (χ2n) is 3.41. The van der Waals surface area contributed by atoms with Crippen LogP contribution in [0.5, 0.6) is 0 Å². The summed E-state index contributed by atoms with van der Waals surface area (Å²) in [7, 11) is 0. The third-order valence-electron chi connectivity index (χ3n) is 2.33.